The van der Waals surface area contributed by atoms with Crippen LogP contribution in [0.3, 0.4) is 0 Å². The highest BCUT2D eigenvalue weighted by atomic mass is 16.4. The van der Waals surface area contributed by atoms with Gasteiger partial charge in [0.15, 0.2) is 5.96 Å². The normalized spacial score (nSPS) is 16.6. The number of aliphatic imine (C=N–C) groups is 1. The van der Waals surface area contributed by atoms with Crippen molar-refractivity contribution in [1.82, 2.24) is 41.5 Å². The van der Waals surface area contributed by atoms with E-state index in [0.29, 0.717) is 17.7 Å². The van der Waals surface area contributed by atoms with Crippen molar-refractivity contribution in [2.45, 2.75) is 113 Å². The van der Waals surface area contributed by atoms with E-state index in [1.165, 1.54) is 12.5 Å². The molecule has 17 N–H and O–H groups in total. The standard InChI is InChI=1S/C39H57N13O12/c1-20(53)31(36(61)47-24(9-5-13-45-39(42)43)32(57)50-27(38(63)64)15-21-7-3-2-4-8-21)51-34(59)25(16-22-18-44-19-46-22)48-33(58)26(17-29(41)54)49-35(60)28-10-6-14-52(28)37(62)23(40)11-12-30(55)56/h2-4,7-8,18-20,23-28,31,53H,5-6,9-17,40H2,1H3,(H2,41,54)(H,44,46)(H,47,61)(H,48,58)(H,49,60)(H,50,57)(H,51,59)(H,55,56)(H,63,64)(H4,42,43,45)/t20-,23+,24+,25+,26+,27+,28+,31+/m1/s1. The molecule has 0 saturated carbocycles. The number of guanidine groups is 1. The van der Waals surface area contributed by atoms with Crippen molar-refractivity contribution in [2.75, 3.05) is 13.1 Å². The van der Waals surface area contributed by atoms with Crippen LogP contribution in [0, 0.1) is 0 Å². The van der Waals surface area contributed by atoms with Crippen LogP contribution < -0.4 is 49.5 Å². The minimum atomic E-state index is -1.78. The number of aliphatic carboxylic acids is 2. The minimum absolute atomic E-state index is 0.0247. The van der Waals surface area contributed by atoms with Crippen molar-refractivity contribution in [3.05, 3.63) is 54.1 Å². The molecule has 1 fully saturated rings. The largest absolute Gasteiger partial charge is 0.481 e. The van der Waals surface area contributed by atoms with E-state index >= 15 is 0 Å². The van der Waals surface area contributed by atoms with Crippen LogP contribution in [0.5, 0.6) is 0 Å². The van der Waals surface area contributed by atoms with Crippen LogP contribution >= 0.6 is 0 Å². The third-order valence-corrected chi connectivity index (χ3v) is 10.0. The van der Waals surface area contributed by atoms with Crippen LogP contribution in [0.15, 0.2) is 47.8 Å². The summed E-state index contributed by atoms with van der Waals surface area (Å²) >= 11 is 0. The molecule has 1 aromatic heterocycles. The van der Waals surface area contributed by atoms with E-state index in [9.17, 15) is 53.4 Å². The number of carboxylic acid groups (broad SMARTS) is 2. The van der Waals surface area contributed by atoms with Gasteiger partial charge in [-0.3, -0.25) is 43.3 Å². The van der Waals surface area contributed by atoms with Crippen molar-refractivity contribution in [3.8, 4) is 0 Å². The maximum Gasteiger partial charge on any atom is 0.326 e. The number of primary amides is 1. The van der Waals surface area contributed by atoms with Gasteiger partial charge in [-0.25, -0.2) is 9.78 Å². The van der Waals surface area contributed by atoms with Crippen LogP contribution in [0.25, 0.3) is 0 Å². The summed E-state index contributed by atoms with van der Waals surface area (Å²) in [5.41, 5.74) is 23.0. The summed E-state index contributed by atoms with van der Waals surface area (Å²) in [6, 6.07) is -1.81. The van der Waals surface area contributed by atoms with Crippen LogP contribution in [-0.2, 0) is 56.0 Å². The Bertz CT molecular complexity index is 1980. The number of rotatable bonds is 26. The molecule has 2 aromatic rings. The number of amides is 7. The topological polar surface area (TPSA) is 423 Å². The Morgan fingerprint density at radius 3 is 2.08 bits per heavy atom. The first-order valence-corrected chi connectivity index (χ1v) is 20.3. The van der Waals surface area contributed by atoms with E-state index in [-0.39, 0.29) is 57.6 Å². The number of aromatic amines is 1. The lowest BCUT2D eigenvalue weighted by molar-refractivity contribution is -0.142. The summed E-state index contributed by atoms with van der Waals surface area (Å²) in [4.78, 5) is 129. The number of benzene rings is 1. The van der Waals surface area contributed by atoms with E-state index in [2.05, 4.69) is 41.5 Å². The molecule has 1 aromatic carbocycles. The molecule has 0 bridgehead atoms. The Balaban J connectivity index is 1.82. The fraction of sp³-hybridized carbons (Fsp3) is 0.513. The fourth-order valence-corrected chi connectivity index (χ4v) is 6.71. The first-order chi connectivity index (χ1) is 30.3. The Kier molecular flexibility index (Phi) is 20.1. The monoisotopic (exact) mass is 899 g/mol. The summed E-state index contributed by atoms with van der Waals surface area (Å²) in [5, 5.41) is 41.7. The summed E-state index contributed by atoms with van der Waals surface area (Å²) in [5.74, 6) is -9.46. The molecule has 2 heterocycles. The molecule has 3 rings (SSSR count). The van der Waals surface area contributed by atoms with Gasteiger partial charge < -0.3 is 74.7 Å². The molecule has 64 heavy (non-hydrogen) atoms. The number of hydrogen-bond acceptors (Lipinski definition) is 13. The lowest BCUT2D eigenvalue weighted by Crippen LogP contribution is -2.62. The molecule has 7 amide bonds. The number of carbonyl (C=O) groups excluding carboxylic acids is 7. The molecule has 0 unspecified atom stereocenters. The predicted molar refractivity (Wildman–Crippen MR) is 225 cm³/mol. The third kappa shape index (κ3) is 16.6. The van der Waals surface area contributed by atoms with E-state index < -0.39 is 115 Å². The number of likely N-dealkylation sites (tertiary alicyclic amines) is 1. The quantitative estimate of drug-likeness (QED) is 0.0239. The first kappa shape index (κ1) is 51.2. The fourth-order valence-electron chi connectivity index (χ4n) is 6.71. The first-order valence-electron chi connectivity index (χ1n) is 20.3. The maximum atomic E-state index is 14.0. The molecule has 0 aliphatic carbocycles. The number of hydrogen-bond donors (Lipinski definition) is 13. The number of nitrogens with zero attached hydrogens (tertiary/aromatic N) is 3. The zero-order valence-corrected chi connectivity index (χ0v) is 35.1. The number of nitrogens with two attached hydrogens (primary N) is 4. The summed E-state index contributed by atoms with van der Waals surface area (Å²) in [6.07, 6.45) is -0.249. The van der Waals surface area contributed by atoms with E-state index in [4.69, 9.17) is 28.0 Å². The molecule has 1 aliphatic rings. The Labute approximate surface area is 366 Å². The van der Waals surface area contributed by atoms with Crippen molar-refractivity contribution in [3.63, 3.8) is 0 Å². The molecular formula is C39H57N13O12. The molecule has 25 heteroatoms. The van der Waals surface area contributed by atoms with Crippen LogP contribution in [0.1, 0.15) is 63.1 Å². The van der Waals surface area contributed by atoms with Crippen molar-refractivity contribution >= 4 is 59.2 Å². The number of H-pyrrole nitrogens is 1. The Hall–Kier alpha value is -7.15. The van der Waals surface area contributed by atoms with Gasteiger partial charge in [0.1, 0.15) is 36.3 Å². The molecule has 25 nitrogen and oxygen atoms in total. The second-order valence-corrected chi connectivity index (χ2v) is 15.1. The number of aromatic nitrogens is 2. The van der Waals surface area contributed by atoms with Gasteiger partial charge in [0.05, 0.1) is 24.9 Å². The Morgan fingerprint density at radius 1 is 0.844 bits per heavy atom. The second-order valence-electron chi connectivity index (χ2n) is 15.1. The zero-order chi connectivity index (χ0) is 47.5. The van der Waals surface area contributed by atoms with Crippen LogP contribution in [0.2, 0.25) is 0 Å². The lowest BCUT2D eigenvalue weighted by Gasteiger charge is -2.29. The number of imidazole rings is 1. The molecule has 0 radical (unpaired) electrons. The van der Waals surface area contributed by atoms with Crippen molar-refractivity contribution in [1.29, 1.82) is 0 Å². The predicted octanol–water partition coefficient (Wildman–Crippen LogP) is -4.80. The van der Waals surface area contributed by atoms with E-state index in [0.717, 1.165) is 11.8 Å². The van der Waals surface area contributed by atoms with Gasteiger partial charge >= 0.3 is 11.9 Å². The second kappa shape index (κ2) is 25.1. The molecular weight excluding hydrogens is 843 g/mol. The summed E-state index contributed by atoms with van der Waals surface area (Å²) < 4.78 is 0. The molecule has 0 spiro atoms. The van der Waals surface area contributed by atoms with Crippen LogP contribution in [0.4, 0.5) is 0 Å². The zero-order valence-electron chi connectivity index (χ0n) is 35.1. The van der Waals surface area contributed by atoms with Gasteiger partial charge in [-0.2, -0.15) is 0 Å². The molecule has 8 atom stereocenters. The highest BCUT2D eigenvalue weighted by Gasteiger charge is 2.39. The summed E-state index contributed by atoms with van der Waals surface area (Å²) in [6.45, 7) is 1.29. The van der Waals surface area contributed by atoms with Gasteiger partial charge in [-0.1, -0.05) is 30.3 Å². The summed E-state index contributed by atoms with van der Waals surface area (Å²) in [7, 11) is 0. The van der Waals surface area contributed by atoms with E-state index in [1.807, 2.05) is 0 Å². The van der Waals surface area contributed by atoms with E-state index in [1.54, 1.807) is 30.3 Å². The maximum absolute atomic E-state index is 14.0. The van der Waals surface area contributed by atoms with Gasteiger partial charge in [0, 0.05) is 44.2 Å². The average molecular weight is 900 g/mol. The molecule has 1 aliphatic heterocycles. The number of aliphatic hydroxyl groups excluding tert-OH is 1. The van der Waals surface area contributed by atoms with Gasteiger partial charge in [-0.15, -0.1) is 0 Å². The lowest BCUT2D eigenvalue weighted by atomic mass is 10.0. The molecule has 350 valence electrons. The third-order valence-electron chi connectivity index (χ3n) is 10.0. The Morgan fingerprint density at radius 2 is 1.48 bits per heavy atom. The van der Waals surface area contributed by atoms with Crippen molar-refractivity contribution < 1.29 is 58.5 Å². The van der Waals surface area contributed by atoms with Gasteiger partial charge in [0.2, 0.25) is 41.4 Å². The van der Waals surface area contributed by atoms with Gasteiger partial charge in [0.25, 0.3) is 0 Å². The number of carbonyl (C=O) groups is 9. The number of aliphatic hydroxyl groups is 1. The SMILES string of the molecule is C[C@@H](O)[C@H](NC(=O)[C@H](Cc1cnc[nH]1)NC(=O)[C@H](CC(N)=O)NC(=O)[C@@H]1CCCN1C(=O)[C@@H](N)CCC(=O)O)C(=O)N[C@@H](CCCN=C(N)N)C(=O)N[C@@H](Cc1ccccc1)C(=O)O. The van der Waals surface area contributed by atoms with Crippen molar-refractivity contribution in [2.24, 2.45) is 27.9 Å². The smallest absolute Gasteiger partial charge is 0.326 e. The number of nitrogens with one attached hydrogen (secondary N) is 6. The molecule has 1 saturated heterocycles. The average Bonchev–Trinajstić information content (AvgIpc) is 3.95. The number of carboxylic acids is 2. The highest BCUT2D eigenvalue weighted by molar-refractivity contribution is 5.98. The minimum Gasteiger partial charge on any atom is -0.481 e. The highest BCUT2D eigenvalue weighted by Crippen LogP contribution is 2.20. The van der Waals surface area contributed by atoms with Crippen LogP contribution in [-0.4, -0.2) is 151 Å². The van der Waals surface area contributed by atoms with Gasteiger partial charge in [-0.05, 0) is 44.6 Å².